The summed E-state index contributed by atoms with van der Waals surface area (Å²) in [6, 6.07) is 0. The van der Waals surface area contributed by atoms with Crippen LogP contribution in [0.1, 0.15) is 12.8 Å². The molecule has 1 aliphatic rings. The van der Waals surface area contributed by atoms with E-state index in [1.54, 1.807) is 0 Å². The van der Waals surface area contributed by atoms with E-state index in [9.17, 15) is 17.2 Å². The van der Waals surface area contributed by atoms with E-state index in [4.69, 9.17) is 0 Å². The zero-order valence-electron chi connectivity index (χ0n) is 10.9. The summed E-state index contributed by atoms with van der Waals surface area (Å²) in [6.07, 6.45) is 1.64. The summed E-state index contributed by atoms with van der Waals surface area (Å²) in [5, 5.41) is 6.82. The minimum absolute atomic E-state index is 0.0816. The Balaban J connectivity index is 1.93. The average molecular weight is 308 g/mol. The van der Waals surface area contributed by atoms with Crippen LogP contribution in [-0.4, -0.2) is 44.3 Å². The molecule has 0 bridgehead atoms. The van der Waals surface area contributed by atoms with Crippen molar-refractivity contribution in [3.8, 4) is 0 Å². The molecule has 1 aromatic heterocycles. The summed E-state index contributed by atoms with van der Waals surface area (Å²) < 4.78 is 51.8. The van der Waals surface area contributed by atoms with Crippen LogP contribution in [0.3, 0.4) is 0 Å². The molecule has 9 heteroatoms. The van der Waals surface area contributed by atoms with Crippen molar-refractivity contribution in [2.24, 2.45) is 5.92 Å². The molecule has 2 rings (SSSR count). The minimum atomic E-state index is -3.68. The van der Waals surface area contributed by atoms with Gasteiger partial charge in [0.05, 0.1) is 6.20 Å². The number of halogens is 2. The Morgan fingerprint density at radius 1 is 1.55 bits per heavy atom. The van der Waals surface area contributed by atoms with Gasteiger partial charge in [-0.1, -0.05) is 0 Å². The van der Waals surface area contributed by atoms with Crippen LogP contribution in [0.15, 0.2) is 17.3 Å². The van der Waals surface area contributed by atoms with Crippen molar-refractivity contribution < 1.29 is 17.2 Å². The standard InChI is InChI=1S/C11H18F2N4O2S/c12-11(13)8-17-7-10(6-15-17)20(18,19)16-5-9-2-1-3-14-4-9/h6-7,9,11,14,16H,1-5,8H2. The minimum Gasteiger partial charge on any atom is -0.316 e. The van der Waals surface area contributed by atoms with Crippen molar-refractivity contribution >= 4 is 10.0 Å². The van der Waals surface area contributed by atoms with Gasteiger partial charge >= 0.3 is 0 Å². The van der Waals surface area contributed by atoms with E-state index in [1.807, 2.05) is 0 Å². The maximum atomic E-state index is 12.2. The monoisotopic (exact) mass is 308 g/mol. The van der Waals surface area contributed by atoms with Gasteiger partial charge in [-0.15, -0.1) is 0 Å². The van der Waals surface area contributed by atoms with Crippen LogP contribution in [-0.2, 0) is 16.6 Å². The first-order valence-corrected chi connectivity index (χ1v) is 7.96. The maximum absolute atomic E-state index is 12.2. The molecule has 1 aromatic rings. The van der Waals surface area contributed by atoms with Gasteiger partial charge in [0.1, 0.15) is 11.4 Å². The van der Waals surface area contributed by atoms with Gasteiger partial charge in [-0.25, -0.2) is 21.9 Å². The smallest absolute Gasteiger partial charge is 0.257 e. The van der Waals surface area contributed by atoms with Crippen molar-refractivity contribution in [1.82, 2.24) is 19.8 Å². The predicted octanol–water partition coefficient (Wildman–Crippen LogP) is 0.426. The summed E-state index contributed by atoms with van der Waals surface area (Å²) in [5.74, 6) is 0.259. The molecule has 2 heterocycles. The molecule has 0 aliphatic carbocycles. The fraction of sp³-hybridized carbons (Fsp3) is 0.727. The van der Waals surface area contributed by atoms with Gasteiger partial charge in [-0.05, 0) is 31.8 Å². The molecule has 0 spiro atoms. The Morgan fingerprint density at radius 3 is 3.00 bits per heavy atom. The molecule has 1 saturated heterocycles. The third-order valence-corrected chi connectivity index (χ3v) is 4.58. The molecule has 0 aromatic carbocycles. The van der Waals surface area contributed by atoms with Crippen LogP contribution in [0.25, 0.3) is 0 Å². The Bertz CT molecular complexity index is 526. The summed E-state index contributed by atoms with van der Waals surface area (Å²) in [7, 11) is -3.68. The van der Waals surface area contributed by atoms with E-state index in [1.165, 1.54) is 0 Å². The third kappa shape index (κ3) is 4.22. The number of aromatic nitrogens is 2. The molecule has 2 N–H and O–H groups in total. The Kier molecular flexibility index (Phi) is 5.06. The molecular weight excluding hydrogens is 290 g/mol. The van der Waals surface area contributed by atoms with Crippen molar-refractivity contribution in [3.63, 3.8) is 0 Å². The van der Waals surface area contributed by atoms with E-state index < -0.39 is 23.0 Å². The van der Waals surface area contributed by atoms with Crippen LogP contribution in [0.2, 0.25) is 0 Å². The first kappa shape index (κ1) is 15.3. The number of hydrogen-bond donors (Lipinski definition) is 2. The Hall–Kier alpha value is -1.06. The summed E-state index contributed by atoms with van der Waals surface area (Å²) in [6.45, 7) is 1.48. The lowest BCUT2D eigenvalue weighted by Crippen LogP contribution is -2.38. The van der Waals surface area contributed by atoms with Gasteiger partial charge in [-0.2, -0.15) is 5.10 Å². The second-order valence-corrected chi connectivity index (χ2v) is 6.62. The molecule has 1 atom stereocenters. The molecule has 1 fully saturated rings. The van der Waals surface area contributed by atoms with Gasteiger partial charge < -0.3 is 5.32 Å². The fourth-order valence-corrected chi connectivity index (χ4v) is 3.20. The lowest BCUT2D eigenvalue weighted by Gasteiger charge is -2.22. The number of sulfonamides is 1. The highest BCUT2D eigenvalue weighted by atomic mass is 32.2. The molecular formula is C11H18F2N4O2S. The Morgan fingerprint density at radius 2 is 2.35 bits per heavy atom. The number of rotatable bonds is 6. The molecule has 20 heavy (non-hydrogen) atoms. The molecule has 0 saturated carbocycles. The highest BCUT2D eigenvalue weighted by molar-refractivity contribution is 7.89. The number of alkyl halides is 2. The summed E-state index contributed by atoms with van der Waals surface area (Å²) >= 11 is 0. The van der Waals surface area contributed by atoms with Gasteiger partial charge in [-0.3, -0.25) is 4.68 Å². The third-order valence-electron chi connectivity index (χ3n) is 3.21. The van der Waals surface area contributed by atoms with Gasteiger partial charge in [0.25, 0.3) is 6.43 Å². The lowest BCUT2D eigenvalue weighted by molar-refractivity contribution is 0.121. The van der Waals surface area contributed by atoms with Crippen LogP contribution < -0.4 is 10.0 Å². The topological polar surface area (TPSA) is 76.0 Å². The second-order valence-electron chi connectivity index (χ2n) is 4.85. The zero-order valence-corrected chi connectivity index (χ0v) is 11.7. The molecule has 0 radical (unpaired) electrons. The lowest BCUT2D eigenvalue weighted by atomic mass is 10.0. The van der Waals surface area contributed by atoms with Gasteiger partial charge in [0.15, 0.2) is 0 Å². The predicted molar refractivity (Wildman–Crippen MR) is 69.0 cm³/mol. The highest BCUT2D eigenvalue weighted by Gasteiger charge is 2.20. The fourth-order valence-electron chi connectivity index (χ4n) is 2.13. The summed E-state index contributed by atoms with van der Waals surface area (Å²) in [4.78, 5) is -0.0816. The van der Waals surface area contributed by atoms with E-state index in [-0.39, 0.29) is 10.8 Å². The van der Waals surface area contributed by atoms with Crippen molar-refractivity contribution in [2.45, 2.75) is 30.7 Å². The molecule has 1 unspecified atom stereocenters. The van der Waals surface area contributed by atoms with E-state index in [2.05, 4.69) is 15.1 Å². The van der Waals surface area contributed by atoms with Crippen molar-refractivity contribution in [1.29, 1.82) is 0 Å². The summed E-state index contributed by atoms with van der Waals surface area (Å²) in [5.41, 5.74) is 0. The normalized spacial score (nSPS) is 20.4. The number of piperidine rings is 1. The van der Waals surface area contributed by atoms with E-state index >= 15 is 0 Å². The average Bonchev–Trinajstić information content (AvgIpc) is 2.86. The van der Waals surface area contributed by atoms with E-state index in [0.29, 0.717) is 6.54 Å². The quantitative estimate of drug-likeness (QED) is 0.799. The number of nitrogens with one attached hydrogen (secondary N) is 2. The SMILES string of the molecule is O=S(=O)(NCC1CCCNC1)c1cnn(CC(F)F)c1. The van der Waals surface area contributed by atoms with Crippen molar-refractivity contribution in [3.05, 3.63) is 12.4 Å². The first-order chi connectivity index (χ1) is 9.47. The second kappa shape index (κ2) is 6.59. The van der Waals surface area contributed by atoms with Gasteiger partial charge in [0.2, 0.25) is 10.0 Å². The van der Waals surface area contributed by atoms with E-state index in [0.717, 1.165) is 43.0 Å². The maximum Gasteiger partial charge on any atom is 0.257 e. The Labute approximate surface area is 116 Å². The highest BCUT2D eigenvalue weighted by Crippen LogP contribution is 2.12. The van der Waals surface area contributed by atoms with Crippen molar-refractivity contribution in [2.75, 3.05) is 19.6 Å². The first-order valence-electron chi connectivity index (χ1n) is 6.48. The van der Waals surface area contributed by atoms with Crippen LogP contribution in [0, 0.1) is 5.92 Å². The zero-order chi connectivity index (χ0) is 14.6. The molecule has 1 aliphatic heterocycles. The number of hydrogen-bond acceptors (Lipinski definition) is 4. The largest absolute Gasteiger partial charge is 0.316 e. The van der Waals surface area contributed by atoms with Crippen LogP contribution in [0.4, 0.5) is 8.78 Å². The molecule has 6 nitrogen and oxygen atoms in total. The molecule has 114 valence electrons. The van der Waals surface area contributed by atoms with Crippen LogP contribution >= 0.6 is 0 Å². The molecule has 0 amide bonds. The van der Waals surface area contributed by atoms with Crippen LogP contribution in [0.5, 0.6) is 0 Å². The van der Waals surface area contributed by atoms with Gasteiger partial charge in [0, 0.05) is 12.7 Å². The number of nitrogens with zero attached hydrogens (tertiary/aromatic N) is 2.